The Hall–Kier alpha value is -2.00. The van der Waals surface area contributed by atoms with Crippen LogP contribution in [0.3, 0.4) is 0 Å². The highest BCUT2D eigenvalue weighted by molar-refractivity contribution is 6.63. The van der Waals surface area contributed by atoms with Crippen LogP contribution >= 0.6 is 0 Å². The minimum absolute atomic E-state index is 0.113. The Balaban J connectivity index is 2.09. The third-order valence-corrected chi connectivity index (χ3v) is 4.36. The van der Waals surface area contributed by atoms with Crippen LogP contribution < -0.4 is 5.46 Å². The summed E-state index contributed by atoms with van der Waals surface area (Å²) >= 11 is 0. The molecule has 0 N–H and O–H groups in total. The van der Waals surface area contributed by atoms with Gasteiger partial charge in [0.2, 0.25) is 0 Å². The molecule has 1 fully saturated rings. The van der Waals surface area contributed by atoms with Crippen LogP contribution in [0.15, 0.2) is 42.5 Å². The lowest BCUT2D eigenvalue weighted by atomic mass is 9.72. The van der Waals surface area contributed by atoms with Gasteiger partial charge in [0.15, 0.2) is 0 Å². The molecule has 0 bridgehead atoms. The van der Waals surface area contributed by atoms with E-state index >= 15 is 0 Å². The van der Waals surface area contributed by atoms with E-state index in [1.807, 2.05) is 13.8 Å². The van der Waals surface area contributed by atoms with E-state index in [9.17, 15) is 26.3 Å². The van der Waals surface area contributed by atoms with E-state index in [-0.39, 0.29) is 22.6 Å². The molecule has 150 valence electrons. The smallest absolute Gasteiger partial charge is 0.407 e. The first-order valence-electron chi connectivity index (χ1n) is 8.49. The van der Waals surface area contributed by atoms with Gasteiger partial charge in [-0.05, 0) is 34.8 Å². The van der Waals surface area contributed by atoms with Gasteiger partial charge in [0.05, 0.1) is 11.1 Å². The highest BCUT2D eigenvalue weighted by Gasteiger charge is 2.38. The van der Waals surface area contributed by atoms with Crippen molar-refractivity contribution >= 4 is 12.6 Å². The van der Waals surface area contributed by atoms with Crippen molar-refractivity contribution in [3.8, 4) is 11.1 Å². The van der Waals surface area contributed by atoms with Crippen molar-refractivity contribution in [3.63, 3.8) is 0 Å². The molecule has 2 aromatic carbocycles. The van der Waals surface area contributed by atoms with E-state index in [0.29, 0.717) is 30.8 Å². The van der Waals surface area contributed by atoms with Crippen molar-refractivity contribution < 1.29 is 35.7 Å². The molecule has 0 atom stereocenters. The Morgan fingerprint density at radius 2 is 1.32 bits per heavy atom. The van der Waals surface area contributed by atoms with Crippen molar-refractivity contribution in [2.24, 2.45) is 5.41 Å². The van der Waals surface area contributed by atoms with Crippen LogP contribution in [0.1, 0.15) is 25.0 Å². The summed E-state index contributed by atoms with van der Waals surface area (Å²) in [6, 6.07) is 7.73. The third kappa shape index (κ3) is 4.52. The molecule has 1 heterocycles. The lowest BCUT2D eigenvalue weighted by molar-refractivity contribution is -0.143. The van der Waals surface area contributed by atoms with Gasteiger partial charge in [-0.2, -0.15) is 26.3 Å². The number of benzene rings is 2. The van der Waals surface area contributed by atoms with Gasteiger partial charge >= 0.3 is 19.5 Å². The van der Waals surface area contributed by atoms with Crippen molar-refractivity contribution in [1.82, 2.24) is 0 Å². The lowest BCUT2D eigenvalue weighted by Gasteiger charge is -2.33. The van der Waals surface area contributed by atoms with Crippen LogP contribution in [-0.2, 0) is 21.7 Å². The van der Waals surface area contributed by atoms with Gasteiger partial charge in [-0.3, -0.25) is 0 Å². The first-order chi connectivity index (χ1) is 12.9. The van der Waals surface area contributed by atoms with Crippen LogP contribution in [0.25, 0.3) is 11.1 Å². The molecular formula is C19H17BF6O2. The van der Waals surface area contributed by atoms with Gasteiger partial charge in [0.1, 0.15) is 0 Å². The minimum Gasteiger partial charge on any atom is -0.407 e. The fourth-order valence-electron chi connectivity index (χ4n) is 2.95. The Morgan fingerprint density at radius 1 is 0.821 bits per heavy atom. The number of hydrogen-bond donors (Lipinski definition) is 0. The van der Waals surface area contributed by atoms with E-state index in [0.717, 1.165) is 0 Å². The Bertz CT molecular complexity index is 818. The topological polar surface area (TPSA) is 18.5 Å². The zero-order chi connectivity index (χ0) is 20.7. The average Bonchev–Trinajstić information content (AvgIpc) is 2.60. The quantitative estimate of drug-likeness (QED) is 0.511. The zero-order valence-electron chi connectivity index (χ0n) is 15.1. The summed E-state index contributed by atoms with van der Waals surface area (Å²) in [4.78, 5) is 0. The maximum Gasteiger partial charge on any atom is 0.494 e. The van der Waals surface area contributed by atoms with Gasteiger partial charge in [-0.15, -0.1) is 0 Å². The van der Waals surface area contributed by atoms with E-state index in [1.165, 1.54) is 6.07 Å². The van der Waals surface area contributed by atoms with E-state index in [1.54, 1.807) is 18.2 Å². The fraction of sp³-hybridized carbons (Fsp3) is 0.368. The first kappa shape index (κ1) is 20.7. The number of rotatable bonds is 2. The summed E-state index contributed by atoms with van der Waals surface area (Å²) < 4.78 is 90.4. The van der Waals surface area contributed by atoms with Crippen molar-refractivity contribution in [1.29, 1.82) is 0 Å². The van der Waals surface area contributed by atoms with Gasteiger partial charge in [-0.1, -0.05) is 38.1 Å². The Labute approximate surface area is 158 Å². The lowest BCUT2D eigenvalue weighted by Crippen LogP contribution is -2.48. The van der Waals surface area contributed by atoms with Gasteiger partial charge in [0, 0.05) is 18.6 Å². The summed E-state index contributed by atoms with van der Waals surface area (Å²) in [5.41, 5.74) is -2.58. The third-order valence-electron chi connectivity index (χ3n) is 4.36. The molecule has 9 heteroatoms. The molecule has 0 unspecified atom stereocenters. The Morgan fingerprint density at radius 3 is 1.82 bits per heavy atom. The van der Waals surface area contributed by atoms with Crippen LogP contribution in [0, 0.1) is 5.41 Å². The standard InChI is InChI=1S/C19H17BF6O2/c1-17(2)10-27-20(28-11-17)16-6-4-3-5-15(16)12-7-13(18(21,22)23)9-14(8-12)19(24,25)26/h3-9H,10-11H2,1-2H3. The number of alkyl halides is 6. The predicted octanol–water partition coefficient (Wildman–Crippen LogP) is 5.16. The predicted molar refractivity (Wildman–Crippen MR) is 93.0 cm³/mol. The van der Waals surface area contributed by atoms with Crippen LogP contribution in [0.5, 0.6) is 0 Å². The summed E-state index contributed by atoms with van der Waals surface area (Å²) in [7, 11) is -0.867. The molecule has 1 aliphatic heterocycles. The molecule has 2 aromatic rings. The second-order valence-corrected chi connectivity index (χ2v) is 7.50. The molecule has 0 spiro atoms. The monoisotopic (exact) mass is 402 g/mol. The molecule has 28 heavy (non-hydrogen) atoms. The van der Waals surface area contributed by atoms with E-state index in [4.69, 9.17) is 9.31 Å². The normalized spacial score (nSPS) is 17.6. The minimum atomic E-state index is -4.91. The molecule has 0 radical (unpaired) electrons. The van der Waals surface area contributed by atoms with E-state index in [2.05, 4.69) is 0 Å². The van der Waals surface area contributed by atoms with E-state index < -0.39 is 30.6 Å². The molecular weight excluding hydrogens is 385 g/mol. The summed E-state index contributed by atoms with van der Waals surface area (Å²) in [5, 5.41) is 0. The second kappa shape index (κ2) is 7.11. The molecule has 3 rings (SSSR count). The van der Waals surface area contributed by atoms with Crippen molar-refractivity contribution in [3.05, 3.63) is 53.6 Å². The fourth-order valence-corrected chi connectivity index (χ4v) is 2.95. The maximum absolute atomic E-state index is 13.2. The van der Waals surface area contributed by atoms with Crippen LogP contribution in [-0.4, -0.2) is 20.3 Å². The molecule has 0 aromatic heterocycles. The number of hydrogen-bond acceptors (Lipinski definition) is 2. The maximum atomic E-state index is 13.2. The first-order valence-corrected chi connectivity index (χ1v) is 8.49. The molecule has 0 amide bonds. The Kier molecular flexibility index (Phi) is 5.27. The molecule has 1 saturated heterocycles. The highest BCUT2D eigenvalue weighted by atomic mass is 19.4. The van der Waals surface area contributed by atoms with Crippen molar-refractivity contribution in [2.75, 3.05) is 13.2 Å². The zero-order valence-corrected chi connectivity index (χ0v) is 15.1. The van der Waals surface area contributed by atoms with Crippen molar-refractivity contribution in [2.45, 2.75) is 26.2 Å². The molecule has 0 saturated carbocycles. The molecule has 0 aliphatic carbocycles. The summed E-state index contributed by atoms with van der Waals surface area (Å²) in [5.74, 6) is 0. The second-order valence-electron chi connectivity index (χ2n) is 7.50. The largest absolute Gasteiger partial charge is 0.494 e. The number of halogens is 6. The summed E-state index contributed by atoms with van der Waals surface area (Å²) in [6.45, 7) is 4.56. The van der Waals surface area contributed by atoms with Gasteiger partial charge in [0.25, 0.3) is 0 Å². The van der Waals surface area contributed by atoms with Gasteiger partial charge < -0.3 is 9.31 Å². The highest BCUT2D eigenvalue weighted by Crippen LogP contribution is 2.38. The van der Waals surface area contributed by atoms with Gasteiger partial charge in [-0.25, -0.2) is 0 Å². The molecule has 2 nitrogen and oxygen atoms in total. The average molecular weight is 402 g/mol. The van der Waals surface area contributed by atoms with Crippen LogP contribution in [0.2, 0.25) is 0 Å². The summed E-state index contributed by atoms with van der Waals surface area (Å²) in [6.07, 6.45) is -9.82. The van der Waals surface area contributed by atoms with Crippen LogP contribution in [0.4, 0.5) is 26.3 Å². The SMILES string of the molecule is CC1(C)COB(c2ccccc2-c2cc(C(F)(F)F)cc(C(F)(F)F)c2)OC1. The molecule has 1 aliphatic rings.